The van der Waals surface area contributed by atoms with Gasteiger partial charge in [-0.2, -0.15) is 8.78 Å². The molecule has 0 amide bonds. The van der Waals surface area contributed by atoms with Gasteiger partial charge in [0.25, 0.3) is 0 Å². The standard InChI is InChI=1S/C19H20F2N4O2S/c1-22-28(26)15-8-9-17(16(10-15)18-11-25(2)12-23-18)24-14-6-4-13(5-7-14)19(20,21)27-3/h4-12,22,24H,1-3H3. The molecule has 0 spiro atoms. The van der Waals surface area contributed by atoms with Crippen molar-refractivity contribution in [3.05, 3.63) is 60.6 Å². The maximum Gasteiger partial charge on any atom is 0.383 e. The minimum absolute atomic E-state index is 0.231. The number of hydrogen-bond acceptors (Lipinski definition) is 5. The van der Waals surface area contributed by atoms with Gasteiger partial charge in [-0.25, -0.2) is 4.98 Å². The van der Waals surface area contributed by atoms with E-state index >= 15 is 0 Å². The highest BCUT2D eigenvalue weighted by Crippen LogP contribution is 2.33. The summed E-state index contributed by atoms with van der Waals surface area (Å²) in [4.78, 5) is 4.96. The fourth-order valence-corrected chi connectivity index (χ4v) is 3.30. The van der Waals surface area contributed by atoms with E-state index in [1.54, 1.807) is 43.7 Å². The van der Waals surface area contributed by atoms with Crippen molar-refractivity contribution in [2.24, 2.45) is 7.05 Å². The molecule has 9 heteroatoms. The molecule has 0 bridgehead atoms. The van der Waals surface area contributed by atoms with Crippen molar-refractivity contribution in [3.8, 4) is 11.3 Å². The van der Waals surface area contributed by atoms with Crippen LogP contribution in [0.1, 0.15) is 5.56 Å². The second-order valence-electron chi connectivity index (χ2n) is 6.03. The van der Waals surface area contributed by atoms with Crippen molar-refractivity contribution >= 4 is 22.7 Å². The second kappa shape index (κ2) is 8.27. The summed E-state index contributed by atoms with van der Waals surface area (Å²) >= 11 is -1.35. The topological polar surface area (TPSA) is 74.2 Å². The molecule has 1 heterocycles. The highest BCUT2D eigenvalue weighted by Gasteiger charge is 2.30. The van der Waals surface area contributed by atoms with Crippen LogP contribution in [0.25, 0.3) is 11.3 Å². The number of aromatic nitrogens is 2. The zero-order valence-corrected chi connectivity index (χ0v) is 16.4. The molecule has 1 unspecified atom stereocenters. The van der Waals surface area contributed by atoms with E-state index in [0.717, 1.165) is 12.7 Å². The highest BCUT2D eigenvalue weighted by atomic mass is 32.2. The van der Waals surface area contributed by atoms with Crippen LogP contribution in [0.3, 0.4) is 0 Å². The highest BCUT2D eigenvalue weighted by molar-refractivity contribution is 7.89. The van der Waals surface area contributed by atoms with Crippen molar-refractivity contribution in [2.45, 2.75) is 11.0 Å². The second-order valence-corrected chi connectivity index (χ2v) is 7.44. The van der Waals surface area contributed by atoms with Gasteiger partial charge in [0.2, 0.25) is 0 Å². The quantitative estimate of drug-likeness (QED) is 0.585. The number of benzene rings is 2. The molecular formula is C19H20F2N4O2S. The van der Waals surface area contributed by atoms with Gasteiger partial charge in [0.1, 0.15) is 0 Å². The van der Waals surface area contributed by atoms with Crippen LogP contribution >= 0.6 is 0 Å². The molecule has 0 saturated heterocycles. The molecular weight excluding hydrogens is 386 g/mol. The summed E-state index contributed by atoms with van der Waals surface area (Å²) in [6, 6.07) is 11.0. The summed E-state index contributed by atoms with van der Waals surface area (Å²) in [6.45, 7) is 0. The van der Waals surface area contributed by atoms with Crippen molar-refractivity contribution in [3.63, 3.8) is 0 Å². The fourth-order valence-electron chi connectivity index (χ4n) is 2.65. The molecule has 148 valence electrons. The molecule has 2 N–H and O–H groups in total. The Kier molecular flexibility index (Phi) is 5.99. The summed E-state index contributed by atoms with van der Waals surface area (Å²) in [5.41, 5.74) is 2.54. The van der Waals surface area contributed by atoms with Gasteiger partial charge >= 0.3 is 6.11 Å². The van der Waals surface area contributed by atoms with Gasteiger partial charge < -0.3 is 19.2 Å². The lowest BCUT2D eigenvalue weighted by Gasteiger charge is -2.16. The first-order valence-corrected chi connectivity index (χ1v) is 9.51. The zero-order chi connectivity index (χ0) is 20.3. The first kappa shape index (κ1) is 20.3. The van der Waals surface area contributed by atoms with Gasteiger partial charge in [0, 0.05) is 50.4 Å². The molecule has 28 heavy (non-hydrogen) atoms. The monoisotopic (exact) mass is 406 g/mol. The van der Waals surface area contributed by atoms with E-state index in [0.29, 0.717) is 22.0 Å². The molecule has 1 atom stereocenters. The Bertz CT molecular complexity index is 947. The summed E-state index contributed by atoms with van der Waals surface area (Å²) in [5.74, 6) is 0. The zero-order valence-electron chi connectivity index (χ0n) is 15.6. The van der Waals surface area contributed by atoms with Gasteiger partial charge in [0.05, 0.1) is 28.9 Å². The van der Waals surface area contributed by atoms with Gasteiger partial charge in [0.15, 0.2) is 4.90 Å². The Morgan fingerprint density at radius 2 is 1.89 bits per heavy atom. The number of nitrogens with zero attached hydrogens (tertiary/aromatic N) is 2. The van der Waals surface area contributed by atoms with Crippen molar-refractivity contribution < 1.29 is 18.1 Å². The number of rotatable bonds is 7. The number of aryl methyl sites for hydroxylation is 1. The van der Waals surface area contributed by atoms with E-state index in [-0.39, 0.29) is 5.56 Å². The number of hydrogen-bond donors (Lipinski definition) is 2. The molecule has 6 nitrogen and oxygen atoms in total. The Hall–Kier alpha value is -2.46. The molecule has 3 aromatic rings. The molecule has 0 fully saturated rings. The summed E-state index contributed by atoms with van der Waals surface area (Å²) in [6.07, 6.45) is 0.174. The normalized spacial score (nSPS) is 12.8. The third kappa shape index (κ3) is 4.33. The number of anilines is 2. The Morgan fingerprint density at radius 3 is 2.46 bits per heavy atom. The average molecular weight is 406 g/mol. The number of ether oxygens (including phenoxy) is 1. The fraction of sp³-hybridized carbons (Fsp3) is 0.211. The van der Waals surface area contributed by atoms with Gasteiger partial charge in [-0.3, -0.25) is 0 Å². The number of nitrogens with one attached hydrogen (secondary N) is 2. The Balaban J connectivity index is 1.95. The van der Waals surface area contributed by atoms with Crippen molar-refractivity contribution in [1.29, 1.82) is 0 Å². The molecule has 3 rings (SSSR count). The number of halogens is 2. The van der Waals surface area contributed by atoms with E-state index in [1.165, 1.54) is 12.1 Å². The van der Waals surface area contributed by atoms with E-state index in [2.05, 4.69) is 19.8 Å². The predicted octanol–water partition coefficient (Wildman–Crippen LogP) is 3.77. The van der Waals surface area contributed by atoms with Crippen LogP contribution in [-0.2, 0) is 29.3 Å². The van der Waals surface area contributed by atoms with E-state index < -0.39 is 17.5 Å². The first-order valence-electron chi connectivity index (χ1n) is 8.36. The molecule has 0 aliphatic carbocycles. The average Bonchev–Trinajstić information content (AvgIpc) is 3.14. The Morgan fingerprint density at radius 1 is 1.18 bits per heavy atom. The van der Waals surface area contributed by atoms with Crippen LogP contribution in [0, 0.1) is 0 Å². The van der Waals surface area contributed by atoms with E-state index in [1.807, 2.05) is 17.8 Å². The summed E-state index contributed by atoms with van der Waals surface area (Å²) in [5, 5.41) is 3.21. The lowest BCUT2D eigenvalue weighted by molar-refractivity contribution is -0.231. The van der Waals surface area contributed by atoms with Crippen molar-refractivity contribution in [1.82, 2.24) is 14.3 Å². The van der Waals surface area contributed by atoms with Crippen LogP contribution in [-0.4, -0.2) is 28.3 Å². The smallest absolute Gasteiger partial charge is 0.383 e. The van der Waals surface area contributed by atoms with Crippen molar-refractivity contribution in [2.75, 3.05) is 19.5 Å². The predicted molar refractivity (Wildman–Crippen MR) is 105 cm³/mol. The lowest BCUT2D eigenvalue weighted by Crippen LogP contribution is -2.18. The number of alkyl halides is 2. The van der Waals surface area contributed by atoms with Crippen LogP contribution in [0.15, 0.2) is 59.9 Å². The minimum atomic E-state index is -3.34. The van der Waals surface area contributed by atoms with Gasteiger partial charge in [-0.15, -0.1) is 4.72 Å². The summed E-state index contributed by atoms with van der Waals surface area (Å²) in [7, 11) is 4.43. The van der Waals surface area contributed by atoms with E-state index in [9.17, 15) is 13.3 Å². The summed E-state index contributed by atoms with van der Waals surface area (Å²) < 4.78 is 48.0. The first-order chi connectivity index (χ1) is 13.3. The van der Waals surface area contributed by atoms with E-state index in [4.69, 9.17) is 0 Å². The number of imidazole rings is 1. The molecule has 0 saturated carbocycles. The third-order valence-electron chi connectivity index (χ3n) is 4.13. The van der Waals surface area contributed by atoms with Crippen LogP contribution in [0.2, 0.25) is 0 Å². The van der Waals surface area contributed by atoms with Crippen LogP contribution in [0.4, 0.5) is 20.2 Å². The molecule has 0 aliphatic heterocycles. The maximum atomic E-state index is 13.6. The Labute approximate surface area is 164 Å². The maximum absolute atomic E-state index is 13.6. The molecule has 0 radical (unpaired) electrons. The van der Waals surface area contributed by atoms with Crippen LogP contribution < -0.4 is 10.0 Å². The van der Waals surface area contributed by atoms with Gasteiger partial charge in [-0.05, 0) is 36.4 Å². The SMILES string of the molecule is CN[S+]([O-])c1ccc(Nc2ccc(C(F)(F)OC)cc2)c(-c2cn(C)cn2)c1. The molecule has 1 aromatic heterocycles. The lowest BCUT2D eigenvalue weighted by atomic mass is 10.1. The van der Waals surface area contributed by atoms with Crippen LogP contribution in [0.5, 0.6) is 0 Å². The third-order valence-corrected chi connectivity index (χ3v) is 5.18. The number of methoxy groups -OCH3 is 1. The largest absolute Gasteiger partial charge is 0.593 e. The molecule has 0 aliphatic rings. The molecule has 2 aromatic carbocycles. The minimum Gasteiger partial charge on any atom is -0.593 e. The van der Waals surface area contributed by atoms with Gasteiger partial charge in [-0.1, -0.05) is 0 Å².